The fourth-order valence-corrected chi connectivity index (χ4v) is 1.89. The highest BCUT2D eigenvalue weighted by molar-refractivity contribution is 5.41. The van der Waals surface area contributed by atoms with E-state index in [1.807, 2.05) is 30.3 Å². The van der Waals surface area contributed by atoms with Crippen LogP contribution >= 0.6 is 0 Å². The van der Waals surface area contributed by atoms with E-state index < -0.39 is 6.36 Å². The van der Waals surface area contributed by atoms with Crippen molar-refractivity contribution in [1.29, 1.82) is 0 Å². The highest BCUT2D eigenvalue weighted by Gasteiger charge is 2.31. The van der Waals surface area contributed by atoms with Crippen LogP contribution in [0.5, 0.6) is 5.75 Å². The largest absolute Gasteiger partial charge is 0.573 e. The van der Waals surface area contributed by atoms with Crippen molar-refractivity contribution >= 4 is 5.69 Å². The molecule has 0 aliphatic heterocycles. The van der Waals surface area contributed by atoms with Crippen molar-refractivity contribution in [3.05, 3.63) is 59.7 Å². The molecule has 2 aromatic rings. The van der Waals surface area contributed by atoms with Gasteiger partial charge in [-0.2, -0.15) is 0 Å². The monoisotopic (exact) mass is 296 g/mol. The summed E-state index contributed by atoms with van der Waals surface area (Å²) in [7, 11) is 0. The molecular weight excluding hydrogens is 281 g/mol. The van der Waals surface area contributed by atoms with Crippen LogP contribution in [0.25, 0.3) is 0 Å². The number of nitrogens with one attached hydrogen (secondary N) is 2. The third-order valence-electron chi connectivity index (χ3n) is 2.64. The number of alkyl halides is 3. The Hall–Kier alpha value is -2.21. The molecule has 0 atom stereocenters. The van der Waals surface area contributed by atoms with Crippen LogP contribution in [0.1, 0.15) is 11.1 Å². The van der Waals surface area contributed by atoms with Crippen LogP contribution in [0.2, 0.25) is 0 Å². The molecule has 0 amide bonds. The van der Waals surface area contributed by atoms with Gasteiger partial charge in [0.05, 0.1) is 0 Å². The van der Waals surface area contributed by atoms with E-state index in [0.29, 0.717) is 17.7 Å². The van der Waals surface area contributed by atoms with E-state index in [4.69, 9.17) is 0 Å². The lowest BCUT2D eigenvalue weighted by Crippen LogP contribution is -2.21. The van der Waals surface area contributed by atoms with E-state index >= 15 is 0 Å². The Labute approximate surface area is 120 Å². The first-order valence-electron chi connectivity index (χ1n) is 6.33. The van der Waals surface area contributed by atoms with Crippen molar-refractivity contribution < 1.29 is 17.9 Å². The highest BCUT2D eigenvalue weighted by Crippen LogP contribution is 2.24. The molecule has 2 rings (SSSR count). The van der Waals surface area contributed by atoms with E-state index in [-0.39, 0.29) is 5.75 Å². The zero-order chi connectivity index (χ0) is 15.3. The fraction of sp³-hybridized carbons (Fsp3) is 0.200. The molecule has 0 bridgehead atoms. The van der Waals surface area contributed by atoms with E-state index in [1.165, 1.54) is 12.1 Å². The topological polar surface area (TPSA) is 33.3 Å². The SMILES string of the molecule is Cc1cc(CNNc2ccccc2)cc(OC(F)(F)F)c1. The number of anilines is 1. The average Bonchev–Trinajstić information content (AvgIpc) is 2.37. The number of hydrazine groups is 1. The lowest BCUT2D eigenvalue weighted by atomic mass is 10.1. The van der Waals surface area contributed by atoms with Gasteiger partial charge in [-0.25, -0.2) is 5.43 Å². The maximum absolute atomic E-state index is 12.2. The van der Waals surface area contributed by atoms with Crippen LogP contribution in [0.3, 0.4) is 0 Å². The molecule has 3 nitrogen and oxygen atoms in total. The second-order valence-corrected chi connectivity index (χ2v) is 4.55. The van der Waals surface area contributed by atoms with Gasteiger partial charge in [-0.05, 0) is 42.3 Å². The average molecular weight is 296 g/mol. The summed E-state index contributed by atoms with van der Waals surface area (Å²) in [5, 5.41) is 0. The lowest BCUT2D eigenvalue weighted by Gasteiger charge is -2.12. The third kappa shape index (κ3) is 5.35. The number of hydrogen-bond acceptors (Lipinski definition) is 3. The Morgan fingerprint density at radius 1 is 1.05 bits per heavy atom. The summed E-state index contributed by atoms with van der Waals surface area (Å²) in [5.41, 5.74) is 8.18. The lowest BCUT2D eigenvalue weighted by molar-refractivity contribution is -0.274. The maximum atomic E-state index is 12.2. The molecule has 21 heavy (non-hydrogen) atoms. The van der Waals surface area contributed by atoms with Crippen LogP contribution in [0, 0.1) is 6.92 Å². The molecule has 2 aromatic carbocycles. The molecule has 0 fully saturated rings. The van der Waals surface area contributed by atoms with Crippen LogP contribution in [-0.2, 0) is 6.54 Å². The number of rotatable bonds is 5. The molecule has 2 N–H and O–H groups in total. The van der Waals surface area contributed by atoms with Crippen molar-refractivity contribution in [3.63, 3.8) is 0 Å². The molecule has 0 aromatic heterocycles. The molecule has 0 aliphatic rings. The molecule has 0 saturated heterocycles. The number of ether oxygens (including phenoxy) is 1. The maximum Gasteiger partial charge on any atom is 0.573 e. The van der Waals surface area contributed by atoms with Gasteiger partial charge in [-0.3, -0.25) is 0 Å². The Morgan fingerprint density at radius 2 is 1.76 bits per heavy atom. The van der Waals surface area contributed by atoms with Gasteiger partial charge in [-0.1, -0.05) is 24.3 Å². The van der Waals surface area contributed by atoms with Gasteiger partial charge in [0.1, 0.15) is 5.75 Å². The van der Waals surface area contributed by atoms with E-state index in [9.17, 15) is 13.2 Å². The zero-order valence-electron chi connectivity index (χ0n) is 11.4. The number of para-hydroxylation sites is 1. The van der Waals surface area contributed by atoms with E-state index in [1.54, 1.807) is 13.0 Å². The van der Waals surface area contributed by atoms with Gasteiger partial charge >= 0.3 is 6.36 Å². The van der Waals surface area contributed by atoms with Crippen LogP contribution in [0.4, 0.5) is 18.9 Å². The Morgan fingerprint density at radius 3 is 2.43 bits per heavy atom. The van der Waals surface area contributed by atoms with Crippen LogP contribution < -0.4 is 15.6 Å². The summed E-state index contributed by atoms with van der Waals surface area (Å²) in [6.45, 7) is 2.09. The Bertz CT molecular complexity index is 585. The van der Waals surface area contributed by atoms with Crippen molar-refractivity contribution in [3.8, 4) is 5.75 Å². The smallest absolute Gasteiger partial charge is 0.406 e. The summed E-state index contributed by atoms with van der Waals surface area (Å²) in [6, 6.07) is 13.9. The van der Waals surface area contributed by atoms with Gasteiger partial charge in [0.15, 0.2) is 0 Å². The minimum absolute atomic E-state index is 0.209. The first-order valence-corrected chi connectivity index (χ1v) is 6.33. The number of aryl methyl sites for hydroxylation is 1. The predicted molar refractivity (Wildman–Crippen MR) is 74.8 cm³/mol. The van der Waals surface area contributed by atoms with Gasteiger partial charge in [0.2, 0.25) is 0 Å². The standard InChI is InChI=1S/C15H15F3N2O/c1-11-7-12(9-14(8-11)21-15(16,17)18)10-19-20-13-5-3-2-4-6-13/h2-9,19-20H,10H2,1H3. The second-order valence-electron chi connectivity index (χ2n) is 4.55. The van der Waals surface area contributed by atoms with Crippen molar-refractivity contribution in [2.75, 3.05) is 5.43 Å². The first-order chi connectivity index (χ1) is 9.92. The van der Waals surface area contributed by atoms with Crippen molar-refractivity contribution in [2.24, 2.45) is 0 Å². The molecule has 0 unspecified atom stereocenters. The second kappa shape index (κ2) is 6.49. The first kappa shape index (κ1) is 15.2. The van der Waals surface area contributed by atoms with Crippen LogP contribution in [0.15, 0.2) is 48.5 Å². The highest BCUT2D eigenvalue weighted by atomic mass is 19.4. The molecule has 6 heteroatoms. The van der Waals surface area contributed by atoms with Gasteiger partial charge in [0.25, 0.3) is 0 Å². The minimum Gasteiger partial charge on any atom is -0.406 e. The van der Waals surface area contributed by atoms with Gasteiger partial charge < -0.3 is 10.2 Å². The number of hydrogen-bond donors (Lipinski definition) is 2. The normalized spacial score (nSPS) is 11.2. The minimum atomic E-state index is -4.68. The van der Waals surface area contributed by atoms with E-state index in [2.05, 4.69) is 15.6 Å². The Kier molecular flexibility index (Phi) is 4.70. The van der Waals surface area contributed by atoms with Crippen molar-refractivity contribution in [1.82, 2.24) is 5.43 Å². The molecule has 112 valence electrons. The molecule has 0 radical (unpaired) electrons. The summed E-state index contributed by atoms with van der Waals surface area (Å²) < 4.78 is 40.6. The summed E-state index contributed by atoms with van der Waals surface area (Å²) in [5.74, 6) is -0.209. The summed E-state index contributed by atoms with van der Waals surface area (Å²) in [6.07, 6.45) is -4.68. The molecular formula is C15H15F3N2O. The van der Waals surface area contributed by atoms with E-state index in [0.717, 1.165) is 5.69 Å². The third-order valence-corrected chi connectivity index (χ3v) is 2.64. The van der Waals surface area contributed by atoms with Gasteiger partial charge in [0, 0.05) is 12.2 Å². The molecule has 0 aliphatic carbocycles. The summed E-state index contributed by atoms with van der Waals surface area (Å²) >= 11 is 0. The number of benzene rings is 2. The quantitative estimate of drug-likeness (QED) is 0.818. The summed E-state index contributed by atoms with van der Waals surface area (Å²) in [4.78, 5) is 0. The Balaban J connectivity index is 1.97. The van der Waals surface area contributed by atoms with Crippen LogP contribution in [-0.4, -0.2) is 6.36 Å². The number of halogens is 3. The molecule has 0 saturated carbocycles. The fourth-order valence-electron chi connectivity index (χ4n) is 1.89. The molecule has 0 heterocycles. The zero-order valence-corrected chi connectivity index (χ0v) is 11.4. The van der Waals surface area contributed by atoms with Crippen molar-refractivity contribution in [2.45, 2.75) is 19.8 Å². The molecule has 0 spiro atoms. The van der Waals surface area contributed by atoms with Gasteiger partial charge in [-0.15, -0.1) is 13.2 Å². The predicted octanol–water partition coefficient (Wildman–Crippen LogP) is 4.01.